The third-order valence-electron chi connectivity index (χ3n) is 4.81. The second-order valence-electron chi connectivity index (χ2n) is 5.94. The number of piperazine rings is 1. The summed E-state index contributed by atoms with van der Waals surface area (Å²) in [5.74, 6) is 0.959. The van der Waals surface area contributed by atoms with Crippen molar-refractivity contribution in [2.24, 2.45) is 5.92 Å². The zero-order valence-electron chi connectivity index (χ0n) is 11.8. The average molecular weight is 238 g/mol. The number of nitrogens with one attached hydrogen (secondary N) is 1. The van der Waals surface area contributed by atoms with Gasteiger partial charge in [-0.05, 0) is 31.7 Å². The van der Waals surface area contributed by atoms with Crippen LogP contribution in [0.2, 0.25) is 0 Å². The van der Waals surface area contributed by atoms with E-state index in [0.29, 0.717) is 0 Å². The Morgan fingerprint density at radius 3 is 2.53 bits per heavy atom. The smallest absolute Gasteiger partial charge is 0.0224 e. The molecule has 1 aliphatic carbocycles. The van der Waals surface area contributed by atoms with Crippen LogP contribution < -0.4 is 5.32 Å². The van der Waals surface area contributed by atoms with E-state index in [1.807, 2.05) is 0 Å². The van der Waals surface area contributed by atoms with Crippen molar-refractivity contribution in [2.75, 3.05) is 19.6 Å². The lowest BCUT2D eigenvalue weighted by Crippen LogP contribution is -2.58. The van der Waals surface area contributed by atoms with Gasteiger partial charge in [-0.1, -0.05) is 39.5 Å². The lowest BCUT2D eigenvalue weighted by atomic mass is 9.82. The van der Waals surface area contributed by atoms with E-state index in [9.17, 15) is 0 Å². The minimum atomic E-state index is 0.781. The number of nitrogens with zero attached hydrogens (tertiary/aromatic N) is 1. The minimum absolute atomic E-state index is 0.781. The van der Waals surface area contributed by atoms with E-state index in [1.165, 1.54) is 64.6 Å². The van der Waals surface area contributed by atoms with E-state index in [4.69, 9.17) is 0 Å². The molecule has 2 atom stereocenters. The van der Waals surface area contributed by atoms with E-state index in [-0.39, 0.29) is 0 Å². The molecule has 0 aromatic heterocycles. The van der Waals surface area contributed by atoms with Crippen LogP contribution in [0.15, 0.2) is 0 Å². The Labute approximate surface area is 107 Å². The molecular formula is C15H30N2. The summed E-state index contributed by atoms with van der Waals surface area (Å²) >= 11 is 0. The Morgan fingerprint density at radius 2 is 1.88 bits per heavy atom. The second-order valence-corrected chi connectivity index (χ2v) is 5.94. The SMILES string of the molecule is CCCC1CNC(C2CCCCC2)CN1CC. The van der Waals surface area contributed by atoms with Crippen molar-refractivity contribution in [1.29, 1.82) is 0 Å². The van der Waals surface area contributed by atoms with Crippen molar-refractivity contribution in [3.05, 3.63) is 0 Å². The highest BCUT2D eigenvalue weighted by Gasteiger charge is 2.31. The molecule has 2 aliphatic rings. The van der Waals surface area contributed by atoms with Crippen LogP contribution in [0, 0.1) is 5.92 Å². The topological polar surface area (TPSA) is 15.3 Å². The van der Waals surface area contributed by atoms with Crippen LogP contribution in [0.5, 0.6) is 0 Å². The van der Waals surface area contributed by atoms with Crippen LogP contribution in [0.25, 0.3) is 0 Å². The largest absolute Gasteiger partial charge is 0.311 e. The van der Waals surface area contributed by atoms with Gasteiger partial charge in [0.1, 0.15) is 0 Å². The summed E-state index contributed by atoms with van der Waals surface area (Å²) < 4.78 is 0. The molecule has 1 saturated heterocycles. The van der Waals surface area contributed by atoms with E-state index in [0.717, 1.165) is 18.0 Å². The van der Waals surface area contributed by atoms with Crippen molar-refractivity contribution in [1.82, 2.24) is 10.2 Å². The van der Waals surface area contributed by atoms with Crippen LogP contribution in [0.3, 0.4) is 0 Å². The lowest BCUT2D eigenvalue weighted by molar-refractivity contribution is 0.0957. The molecule has 0 bridgehead atoms. The first kappa shape index (κ1) is 13.4. The molecule has 0 radical (unpaired) electrons. The zero-order valence-corrected chi connectivity index (χ0v) is 11.8. The molecule has 0 aromatic carbocycles. The normalized spacial score (nSPS) is 32.8. The Hall–Kier alpha value is -0.0800. The van der Waals surface area contributed by atoms with Gasteiger partial charge in [0, 0.05) is 25.2 Å². The van der Waals surface area contributed by atoms with Crippen molar-refractivity contribution < 1.29 is 0 Å². The Kier molecular flexibility index (Phi) is 5.30. The van der Waals surface area contributed by atoms with E-state index in [2.05, 4.69) is 24.1 Å². The average Bonchev–Trinajstić information content (AvgIpc) is 2.40. The number of rotatable bonds is 4. The van der Waals surface area contributed by atoms with Gasteiger partial charge in [0.15, 0.2) is 0 Å². The molecule has 0 aromatic rings. The first-order chi connectivity index (χ1) is 8.35. The van der Waals surface area contributed by atoms with Crippen LogP contribution in [0.1, 0.15) is 58.8 Å². The maximum Gasteiger partial charge on any atom is 0.0224 e. The van der Waals surface area contributed by atoms with Crippen LogP contribution in [-0.4, -0.2) is 36.6 Å². The van der Waals surface area contributed by atoms with Crippen molar-refractivity contribution >= 4 is 0 Å². The molecular weight excluding hydrogens is 208 g/mol. The highest BCUT2D eigenvalue weighted by Crippen LogP contribution is 2.28. The fourth-order valence-electron chi connectivity index (χ4n) is 3.74. The Morgan fingerprint density at radius 1 is 1.12 bits per heavy atom. The van der Waals surface area contributed by atoms with Gasteiger partial charge in [-0.25, -0.2) is 0 Å². The molecule has 1 N–H and O–H groups in total. The second kappa shape index (κ2) is 6.75. The summed E-state index contributed by atoms with van der Waals surface area (Å²) in [6.07, 6.45) is 10.0. The van der Waals surface area contributed by atoms with Crippen LogP contribution in [0.4, 0.5) is 0 Å². The number of hydrogen-bond acceptors (Lipinski definition) is 2. The summed E-state index contributed by atoms with van der Waals surface area (Å²) in [6, 6.07) is 1.58. The van der Waals surface area contributed by atoms with Crippen LogP contribution in [-0.2, 0) is 0 Å². The fraction of sp³-hybridized carbons (Fsp3) is 1.00. The molecule has 2 nitrogen and oxygen atoms in total. The standard InChI is InChI=1S/C15H30N2/c1-3-8-14-11-16-15(12-17(14)4-2)13-9-6-5-7-10-13/h13-16H,3-12H2,1-2H3. The van der Waals surface area contributed by atoms with Gasteiger partial charge in [-0.15, -0.1) is 0 Å². The van der Waals surface area contributed by atoms with Gasteiger partial charge >= 0.3 is 0 Å². The van der Waals surface area contributed by atoms with Gasteiger partial charge in [-0.2, -0.15) is 0 Å². The molecule has 0 amide bonds. The maximum absolute atomic E-state index is 3.85. The monoisotopic (exact) mass is 238 g/mol. The lowest BCUT2D eigenvalue weighted by Gasteiger charge is -2.43. The van der Waals surface area contributed by atoms with Crippen molar-refractivity contribution in [3.8, 4) is 0 Å². The summed E-state index contributed by atoms with van der Waals surface area (Å²) in [7, 11) is 0. The molecule has 1 heterocycles. The Bertz CT molecular complexity index is 211. The summed E-state index contributed by atoms with van der Waals surface area (Å²) in [5.41, 5.74) is 0. The zero-order chi connectivity index (χ0) is 12.1. The molecule has 2 unspecified atom stereocenters. The summed E-state index contributed by atoms with van der Waals surface area (Å²) in [6.45, 7) is 8.39. The summed E-state index contributed by atoms with van der Waals surface area (Å²) in [4.78, 5) is 2.72. The highest BCUT2D eigenvalue weighted by molar-refractivity contribution is 4.90. The van der Waals surface area contributed by atoms with E-state index >= 15 is 0 Å². The molecule has 100 valence electrons. The van der Waals surface area contributed by atoms with E-state index < -0.39 is 0 Å². The molecule has 0 spiro atoms. The first-order valence-electron chi connectivity index (χ1n) is 7.82. The molecule has 1 aliphatic heterocycles. The molecule has 2 rings (SSSR count). The minimum Gasteiger partial charge on any atom is -0.311 e. The van der Waals surface area contributed by atoms with Gasteiger partial charge in [0.2, 0.25) is 0 Å². The van der Waals surface area contributed by atoms with Gasteiger partial charge in [0.25, 0.3) is 0 Å². The number of likely N-dealkylation sites (N-methyl/N-ethyl adjacent to an activating group) is 1. The van der Waals surface area contributed by atoms with E-state index in [1.54, 1.807) is 0 Å². The van der Waals surface area contributed by atoms with Crippen LogP contribution >= 0.6 is 0 Å². The van der Waals surface area contributed by atoms with Crippen molar-refractivity contribution in [3.63, 3.8) is 0 Å². The molecule has 1 saturated carbocycles. The third kappa shape index (κ3) is 3.45. The molecule has 2 fully saturated rings. The molecule has 17 heavy (non-hydrogen) atoms. The quantitative estimate of drug-likeness (QED) is 0.810. The van der Waals surface area contributed by atoms with Gasteiger partial charge < -0.3 is 5.32 Å². The highest BCUT2D eigenvalue weighted by atomic mass is 15.2. The van der Waals surface area contributed by atoms with Gasteiger partial charge in [0.05, 0.1) is 0 Å². The Balaban J connectivity index is 1.86. The number of hydrogen-bond donors (Lipinski definition) is 1. The third-order valence-corrected chi connectivity index (χ3v) is 4.81. The maximum atomic E-state index is 3.85. The van der Waals surface area contributed by atoms with Crippen molar-refractivity contribution in [2.45, 2.75) is 70.9 Å². The fourth-order valence-corrected chi connectivity index (χ4v) is 3.74. The predicted molar refractivity (Wildman–Crippen MR) is 74.3 cm³/mol. The van der Waals surface area contributed by atoms with Gasteiger partial charge in [-0.3, -0.25) is 4.90 Å². The first-order valence-corrected chi connectivity index (χ1v) is 7.82. The summed E-state index contributed by atoms with van der Waals surface area (Å²) in [5, 5.41) is 3.85. The molecule has 2 heteroatoms. The predicted octanol–water partition coefficient (Wildman–Crippen LogP) is 3.03.